The SMILES string of the molecule is CN(C)c1ccc([C@@H]2C(=O)O[C@@]2(c2ccc(Br)cc2)C(F)(F)F)cc1. The highest BCUT2D eigenvalue weighted by molar-refractivity contribution is 9.10. The molecule has 1 fully saturated rings. The molecule has 0 saturated carbocycles. The predicted molar refractivity (Wildman–Crippen MR) is 91.5 cm³/mol. The number of hydrogen-bond acceptors (Lipinski definition) is 3. The Labute approximate surface area is 151 Å². The lowest BCUT2D eigenvalue weighted by Gasteiger charge is -2.48. The summed E-state index contributed by atoms with van der Waals surface area (Å²) in [5.74, 6) is -2.30. The van der Waals surface area contributed by atoms with Crippen molar-refractivity contribution in [3.05, 3.63) is 64.1 Å². The van der Waals surface area contributed by atoms with Gasteiger partial charge >= 0.3 is 12.1 Å². The molecule has 0 amide bonds. The lowest BCUT2D eigenvalue weighted by atomic mass is 9.72. The van der Waals surface area contributed by atoms with E-state index >= 15 is 0 Å². The van der Waals surface area contributed by atoms with E-state index in [2.05, 4.69) is 15.9 Å². The first-order chi connectivity index (χ1) is 11.7. The highest BCUT2D eigenvalue weighted by Crippen LogP contribution is 2.58. The van der Waals surface area contributed by atoms with E-state index in [1.165, 1.54) is 24.3 Å². The van der Waals surface area contributed by atoms with Crippen molar-refractivity contribution in [1.82, 2.24) is 0 Å². The Bertz CT molecular complexity index is 787. The van der Waals surface area contributed by atoms with E-state index in [1.807, 2.05) is 19.0 Å². The molecule has 1 aliphatic heterocycles. The monoisotopic (exact) mass is 413 g/mol. The number of alkyl halides is 3. The summed E-state index contributed by atoms with van der Waals surface area (Å²) in [6, 6.07) is 12.1. The third-order valence-electron chi connectivity index (χ3n) is 4.34. The number of rotatable bonds is 3. The topological polar surface area (TPSA) is 29.5 Å². The average molecular weight is 414 g/mol. The van der Waals surface area contributed by atoms with E-state index in [9.17, 15) is 18.0 Å². The number of carbonyl (C=O) groups excluding carboxylic acids is 1. The van der Waals surface area contributed by atoms with Gasteiger partial charge in [-0.25, -0.2) is 0 Å². The number of carbonyl (C=O) groups is 1. The smallest absolute Gasteiger partial charge is 0.434 e. The number of halogens is 4. The lowest BCUT2D eigenvalue weighted by molar-refractivity contribution is -0.317. The van der Waals surface area contributed by atoms with Crippen LogP contribution in [0.3, 0.4) is 0 Å². The Morgan fingerprint density at radius 2 is 1.60 bits per heavy atom. The Morgan fingerprint density at radius 1 is 1.04 bits per heavy atom. The number of benzene rings is 2. The van der Waals surface area contributed by atoms with Crippen molar-refractivity contribution in [3.8, 4) is 0 Å². The summed E-state index contributed by atoms with van der Waals surface area (Å²) in [7, 11) is 3.66. The largest absolute Gasteiger partial charge is 0.442 e. The predicted octanol–water partition coefficient (Wildman–Crippen LogP) is 4.61. The van der Waals surface area contributed by atoms with Gasteiger partial charge in [-0.3, -0.25) is 4.79 Å². The zero-order valence-corrected chi connectivity index (χ0v) is 15.1. The number of nitrogens with zero attached hydrogens (tertiary/aromatic N) is 1. The summed E-state index contributed by atoms with van der Waals surface area (Å²) in [5, 5.41) is 0. The molecule has 132 valence electrons. The first kappa shape index (κ1) is 17.8. The fraction of sp³-hybridized carbons (Fsp3) is 0.278. The molecule has 0 radical (unpaired) electrons. The molecule has 1 aliphatic rings. The van der Waals surface area contributed by atoms with Crippen LogP contribution in [0.4, 0.5) is 18.9 Å². The van der Waals surface area contributed by atoms with Crippen LogP contribution < -0.4 is 4.90 Å². The van der Waals surface area contributed by atoms with Crippen molar-refractivity contribution in [2.24, 2.45) is 0 Å². The van der Waals surface area contributed by atoms with E-state index in [0.717, 1.165) is 5.69 Å². The molecule has 0 spiro atoms. The molecular formula is C18H15BrF3NO2. The molecule has 7 heteroatoms. The van der Waals surface area contributed by atoms with Crippen LogP contribution in [0, 0.1) is 0 Å². The molecule has 0 bridgehead atoms. The van der Waals surface area contributed by atoms with Crippen molar-refractivity contribution in [1.29, 1.82) is 0 Å². The summed E-state index contributed by atoms with van der Waals surface area (Å²) in [5.41, 5.74) is -1.64. The fourth-order valence-electron chi connectivity index (χ4n) is 3.03. The van der Waals surface area contributed by atoms with Gasteiger partial charge < -0.3 is 9.64 Å². The second kappa shape index (κ2) is 6.05. The van der Waals surface area contributed by atoms with Crippen LogP contribution in [0.15, 0.2) is 53.0 Å². The highest BCUT2D eigenvalue weighted by Gasteiger charge is 2.73. The molecule has 1 heterocycles. The molecule has 3 nitrogen and oxygen atoms in total. The molecule has 25 heavy (non-hydrogen) atoms. The van der Waals surface area contributed by atoms with Crippen molar-refractivity contribution in [3.63, 3.8) is 0 Å². The summed E-state index contributed by atoms with van der Waals surface area (Å²) in [6.45, 7) is 0. The van der Waals surface area contributed by atoms with Gasteiger partial charge in [-0.15, -0.1) is 0 Å². The van der Waals surface area contributed by atoms with Crippen LogP contribution in [0.25, 0.3) is 0 Å². The zero-order valence-electron chi connectivity index (χ0n) is 13.5. The van der Waals surface area contributed by atoms with Crippen molar-refractivity contribution in [2.75, 3.05) is 19.0 Å². The Hall–Kier alpha value is -2.02. The van der Waals surface area contributed by atoms with Crippen LogP contribution in [-0.4, -0.2) is 26.2 Å². The maximum atomic E-state index is 14.0. The van der Waals surface area contributed by atoms with E-state index in [4.69, 9.17) is 4.74 Å². The van der Waals surface area contributed by atoms with Crippen LogP contribution in [0.2, 0.25) is 0 Å². The van der Waals surface area contributed by atoms with E-state index < -0.39 is 23.7 Å². The number of esters is 1. The Balaban J connectivity index is 2.09. The first-order valence-corrected chi connectivity index (χ1v) is 8.29. The third-order valence-corrected chi connectivity index (χ3v) is 4.87. The van der Waals surface area contributed by atoms with Gasteiger partial charge in [0.25, 0.3) is 0 Å². The molecule has 2 atom stereocenters. The van der Waals surface area contributed by atoms with Crippen LogP contribution in [-0.2, 0) is 15.1 Å². The molecule has 2 aromatic rings. The second-order valence-corrected chi connectivity index (χ2v) is 7.00. The molecule has 3 rings (SSSR count). The van der Waals surface area contributed by atoms with Gasteiger partial charge in [-0.05, 0) is 29.8 Å². The summed E-state index contributed by atoms with van der Waals surface area (Å²) in [6.07, 6.45) is -4.74. The van der Waals surface area contributed by atoms with Gasteiger partial charge in [0.2, 0.25) is 5.60 Å². The second-order valence-electron chi connectivity index (χ2n) is 6.08. The molecule has 2 aromatic carbocycles. The van der Waals surface area contributed by atoms with Crippen molar-refractivity contribution in [2.45, 2.75) is 17.7 Å². The Kier molecular flexibility index (Phi) is 4.31. The standard InChI is InChI=1S/C18H15BrF3NO2/c1-23(2)14-9-3-11(4-10-14)15-16(24)25-17(15,18(20,21)22)12-5-7-13(19)8-6-12/h3-10,15H,1-2H3/t15-,17-/m1/s1. The minimum atomic E-state index is -4.74. The fourth-order valence-corrected chi connectivity index (χ4v) is 3.29. The van der Waals surface area contributed by atoms with Gasteiger partial charge in [0.05, 0.1) is 0 Å². The van der Waals surface area contributed by atoms with Gasteiger partial charge in [0, 0.05) is 29.8 Å². The van der Waals surface area contributed by atoms with Gasteiger partial charge in [0.15, 0.2) is 0 Å². The van der Waals surface area contributed by atoms with E-state index in [0.29, 0.717) is 4.47 Å². The van der Waals surface area contributed by atoms with Gasteiger partial charge in [-0.1, -0.05) is 40.2 Å². The van der Waals surface area contributed by atoms with Crippen LogP contribution >= 0.6 is 15.9 Å². The van der Waals surface area contributed by atoms with E-state index in [-0.39, 0.29) is 11.1 Å². The molecule has 0 unspecified atom stereocenters. The number of anilines is 1. The lowest BCUT2D eigenvalue weighted by Crippen LogP contribution is -2.61. The molecule has 0 N–H and O–H groups in total. The van der Waals surface area contributed by atoms with E-state index in [1.54, 1.807) is 24.3 Å². The molecule has 0 aliphatic carbocycles. The maximum absolute atomic E-state index is 14.0. The minimum Gasteiger partial charge on any atom is -0.442 e. The molecule has 1 saturated heterocycles. The van der Waals surface area contributed by atoms with Crippen molar-refractivity contribution < 1.29 is 22.7 Å². The highest BCUT2D eigenvalue weighted by atomic mass is 79.9. The van der Waals surface area contributed by atoms with Crippen LogP contribution in [0.1, 0.15) is 17.0 Å². The molecular weight excluding hydrogens is 399 g/mol. The minimum absolute atomic E-state index is 0.0931. The number of hydrogen-bond donors (Lipinski definition) is 0. The van der Waals surface area contributed by atoms with Gasteiger partial charge in [0.1, 0.15) is 5.92 Å². The summed E-state index contributed by atoms with van der Waals surface area (Å²) < 4.78 is 47.3. The van der Waals surface area contributed by atoms with Crippen molar-refractivity contribution >= 4 is 27.6 Å². The summed E-state index contributed by atoms with van der Waals surface area (Å²) >= 11 is 3.20. The number of cyclic esters (lactones) is 1. The first-order valence-electron chi connectivity index (χ1n) is 7.50. The summed E-state index contributed by atoms with van der Waals surface area (Å²) in [4.78, 5) is 13.8. The Morgan fingerprint density at radius 3 is 2.04 bits per heavy atom. The normalized spacial score (nSPS) is 23.0. The zero-order chi connectivity index (χ0) is 18.4. The maximum Gasteiger partial charge on any atom is 0.434 e. The number of ether oxygens (including phenoxy) is 1. The quantitative estimate of drug-likeness (QED) is 0.687. The average Bonchev–Trinajstić information content (AvgIpc) is 2.52. The molecule has 0 aromatic heterocycles. The third kappa shape index (κ3) is 2.80. The van der Waals surface area contributed by atoms with Crippen LogP contribution in [0.5, 0.6) is 0 Å². The van der Waals surface area contributed by atoms with Gasteiger partial charge in [-0.2, -0.15) is 13.2 Å².